The monoisotopic (exact) mass is 458 g/mol. The lowest BCUT2D eigenvalue weighted by atomic mass is 9.95. The molecule has 0 unspecified atom stereocenters. The van der Waals surface area contributed by atoms with Crippen molar-refractivity contribution >= 4 is 26.7 Å². The highest BCUT2D eigenvalue weighted by Crippen LogP contribution is 2.38. The van der Waals surface area contributed by atoms with E-state index in [0.29, 0.717) is 35.8 Å². The van der Waals surface area contributed by atoms with E-state index in [9.17, 15) is 13.2 Å². The third-order valence-corrected chi connectivity index (χ3v) is 6.29. The number of para-hydroxylation sites is 1. The minimum atomic E-state index is -3.68. The topological polar surface area (TPSA) is 116 Å². The SMILES string of the molecule is COc1cc2c(N3CC(CCNS(N)(=O)=O)C3)cn(-c3ccccc3)c(=O)c2cc1OC. The van der Waals surface area contributed by atoms with Crippen LogP contribution < -0.4 is 29.8 Å². The van der Waals surface area contributed by atoms with Gasteiger partial charge in [-0.15, -0.1) is 0 Å². The van der Waals surface area contributed by atoms with Crippen LogP contribution in [0.4, 0.5) is 5.69 Å². The molecule has 0 radical (unpaired) electrons. The second-order valence-corrected chi connectivity index (χ2v) is 9.16. The number of hydrogen-bond donors (Lipinski definition) is 2. The molecule has 1 aliphatic heterocycles. The Balaban J connectivity index is 1.73. The summed E-state index contributed by atoms with van der Waals surface area (Å²) in [5.74, 6) is 1.36. The lowest BCUT2D eigenvalue weighted by Gasteiger charge is -2.42. The molecule has 0 saturated carbocycles. The average Bonchev–Trinajstić information content (AvgIpc) is 2.75. The molecule has 4 rings (SSSR count). The number of pyridine rings is 1. The van der Waals surface area contributed by atoms with Gasteiger partial charge in [0.25, 0.3) is 15.8 Å². The van der Waals surface area contributed by atoms with Gasteiger partial charge in [0.2, 0.25) is 0 Å². The van der Waals surface area contributed by atoms with E-state index >= 15 is 0 Å². The van der Waals surface area contributed by atoms with Gasteiger partial charge in [-0.2, -0.15) is 8.42 Å². The number of hydrogen-bond acceptors (Lipinski definition) is 6. The van der Waals surface area contributed by atoms with E-state index in [1.54, 1.807) is 24.9 Å². The van der Waals surface area contributed by atoms with Gasteiger partial charge in [-0.3, -0.25) is 9.36 Å². The Morgan fingerprint density at radius 2 is 1.69 bits per heavy atom. The summed E-state index contributed by atoms with van der Waals surface area (Å²) in [7, 11) is -0.578. The first-order chi connectivity index (χ1) is 15.3. The number of rotatable bonds is 8. The molecular formula is C22H26N4O5S. The van der Waals surface area contributed by atoms with Crippen molar-refractivity contribution < 1.29 is 17.9 Å². The summed E-state index contributed by atoms with van der Waals surface area (Å²) in [4.78, 5) is 15.5. The first kappa shape index (κ1) is 22.1. The minimum absolute atomic E-state index is 0.148. The normalized spacial score (nSPS) is 14.4. The number of nitrogens with zero attached hydrogens (tertiary/aromatic N) is 2. The molecule has 1 saturated heterocycles. The van der Waals surface area contributed by atoms with Crippen LogP contribution in [-0.2, 0) is 10.2 Å². The summed E-state index contributed by atoms with van der Waals surface area (Å²) < 4.78 is 37.0. The van der Waals surface area contributed by atoms with E-state index in [2.05, 4.69) is 9.62 Å². The van der Waals surface area contributed by atoms with Gasteiger partial charge >= 0.3 is 0 Å². The van der Waals surface area contributed by atoms with Crippen LogP contribution in [0.25, 0.3) is 16.5 Å². The Morgan fingerprint density at radius 3 is 2.28 bits per heavy atom. The van der Waals surface area contributed by atoms with Crippen molar-refractivity contribution in [3.05, 3.63) is 59.0 Å². The Hall–Kier alpha value is -3.08. The fraction of sp³-hybridized carbons (Fsp3) is 0.318. The van der Waals surface area contributed by atoms with Crippen LogP contribution in [0.5, 0.6) is 11.5 Å². The van der Waals surface area contributed by atoms with Crippen LogP contribution in [-0.4, -0.2) is 46.8 Å². The van der Waals surface area contributed by atoms with Crippen LogP contribution in [0.1, 0.15) is 6.42 Å². The zero-order valence-electron chi connectivity index (χ0n) is 17.9. The predicted octanol–water partition coefficient (Wildman–Crippen LogP) is 1.63. The molecule has 32 heavy (non-hydrogen) atoms. The number of nitrogens with one attached hydrogen (secondary N) is 1. The molecule has 1 aliphatic rings. The van der Waals surface area contributed by atoms with Gasteiger partial charge in [-0.05, 0) is 36.6 Å². The average molecular weight is 459 g/mol. The molecule has 2 aromatic carbocycles. The zero-order chi connectivity index (χ0) is 22.9. The van der Waals surface area contributed by atoms with Crippen molar-refractivity contribution in [3.8, 4) is 17.2 Å². The molecule has 3 N–H and O–H groups in total. The molecule has 10 heteroatoms. The van der Waals surface area contributed by atoms with E-state index in [1.165, 1.54) is 0 Å². The summed E-state index contributed by atoms with van der Waals surface area (Å²) in [5.41, 5.74) is 1.52. The molecule has 1 aromatic heterocycles. The summed E-state index contributed by atoms with van der Waals surface area (Å²) in [6.07, 6.45) is 2.53. The van der Waals surface area contributed by atoms with Gasteiger partial charge < -0.3 is 14.4 Å². The van der Waals surface area contributed by atoms with Crippen molar-refractivity contribution in [2.45, 2.75) is 6.42 Å². The molecule has 170 valence electrons. The van der Waals surface area contributed by atoms with Gasteiger partial charge in [0.05, 0.1) is 25.3 Å². The lowest BCUT2D eigenvalue weighted by Crippen LogP contribution is -2.48. The summed E-state index contributed by atoms with van der Waals surface area (Å²) >= 11 is 0. The summed E-state index contributed by atoms with van der Waals surface area (Å²) in [6.45, 7) is 1.78. The number of nitrogens with two attached hydrogens (primary N) is 1. The second-order valence-electron chi connectivity index (χ2n) is 7.78. The Kier molecular flexibility index (Phi) is 6.09. The second kappa shape index (κ2) is 8.81. The van der Waals surface area contributed by atoms with Crippen molar-refractivity contribution in [1.82, 2.24) is 9.29 Å². The molecule has 0 aliphatic carbocycles. The van der Waals surface area contributed by atoms with E-state index in [-0.39, 0.29) is 5.56 Å². The molecule has 1 fully saturated rings. The molecule has 0 spiro atoms. The highest BCUT2D eigenvalue weighted by atomic mass is 32.2. The fourth-order valence-corrected chi connectivity index (χ4v) is 4.44. The first-order valence-electron chi connectivity index (χ1n) is 10.2. The van der Waals surface area contributed by atoms with E-state index in [1.807, 2.05) is 42.6 Å². The molecule has 0 bridgehead atoms. The molecular weight excluding hydrogens is 432 g/mol. The highest BCUT2D eigenvalue weighted by Gasteiger charge is 2.29. The van der Waals surface area contributed by atoms with Crippen LogP contribution in [0, 0.1) is 5.92 Å². The maximum Gasteiger partial charge on any atom is 0.274 e. The number of anilines is 1. The van der Waals surface area contributed by atoms with Gasteiger partial charge in [0.1, 0.15) is 0 Å². The van der Waals surface area contributed by atoms with E-state index in [4.69, 9.17) is 14.6 Å². The van der Waals surface area contributed by atoms with Crippen LogP contribution in [0.15, 0.2) is 53.5 Å². The van der Waals surface area contributed by atoms with Gasteiger partial charge in [0, 0.05) is 36.9 Å². The molecule has 2 heterocycles. The number of aromatic nitrogens is 1. The number of benzene rings is 2. The maximum absolute atomic E-state index is 13.3. The lowest BCUT2D eigenvalue weighted by molar-refractivity contribution is 0.355. The zero-order valence-corrected chi connectivity index (χ0v) is 18.8. The highest BCUT2D eigenvalue weighted by molar-refractivity contribution is 7.87. The fourth-order valence-electron chi connectivity index (χ4n) is 4.03. The molecule has 3 aromatic rings. The van der Waals surface area contributed by atoms with Gasteiger partial charge in [-0.1, -0.05) is 18.2 Å². The molecule has 9 nitrogen and oxygen atoms in total. The smallest absolute Gasteiger partial charge is 0.274 e. The van der Waals surface area contributed by atoms with Crippen LogP contribution >= 0.6 is 0 Å². The number of ether oxygens (including phenoxy) is 2. The Bertz CT molecular complexity index is 1290. The molecule has 0 atom stereocenters. The summed E-state index contributed by atoms with van der Waals surface area (Å²) in [5, 5.41) is 6.30. The predicted molar refractivity (Wildman–Crippen MR) is 124 cm³/mol. The summed E-state index contributed by atoms with van der Waals surface area (Å²) in [6, 6.07) is 13.0. The quantitative estimate of drug-likeness (QED) is 0.530. The van der Waals surface area contributed by atoms with Crippen molar-refractivity contribution in [1.29, 1.82) is 0 Å². The third kappa shape index (κ3) is 4.43. The van der Waals surface area contributed by atoms with Crippen LogP contribution in [0.2, 0.25) is 0 Å². The van der Waals surface area contributed by atoms with Gasteiger partial charge in [0.15, 0.2) is 11.5 Å². The van der Waals surface area contributed by atoms with Crippen molar-refractivity contribution in [3.63, 3.8) is 0 Å². The standard InChI is InChI=1S/C22H26N4O5S/c1-30-20-10-17-18(11-21(20)31-2)22(27)26(16-6-4-3-5-7-16)14-19(17)25-12-15(13-25)8-9-24-32(23,28)29/h3-7,10-11,14-15,24H,8-9,12-13H2,1-2H3,(H2,23,28,29). The van der Waals surface area contributed by atoms with Crippen LogP contribution in [0.3, 0.4) is 0 Å². The molecule has 0 amide bonds. The van der Waals surface area contributed by atoms with Gasteiger partial charge in [-0.25, -0.2) is 9.86 Å². The van der Waals surface area contributed by atoms with Crippen molar-refractivity contribution in [2.75, 3.05) is 38.8 Å². The first-order valence-corrected chi connectivity index (χ1v) is 11.7. The largest absolute Gasteiger partial charge is 0.493 e. The minimum Gasteiger partial charge on any atom is -0.493 e. The maximum atomic E-state index is 13.3. The van der Waals surface area contributed by atoms with Crippen molar-refractivity contribution in [2.24, 2.45) is 11.1 Å². The Labute approximate surface area is 186 Å². The van der Waals surface area contributed by atoms with E-state index in [0.717, 1.165) is 29.9 Å². The number of methoxy groups -OCH3 is 2. The van der Waals surface area contributed by atoms with E-state index < -0.39 is 10.2 Å². The number of fused-ring (bicyclic) bond motifs is 1. The Morgan fingerprint density at radius 1 is 1.06 bits per heavy atom. The third-order valence-electron chi connectivity index (χ3n) is 5.69.